The summed E-state index contributed by atoms with van der Waals surface area (Å²) < 4.78 is 5.41. The molecule has 3 rings (SSSR count). The number of thioether (sulfide) groups is 1. The Bertz CT molecular complexity index is 866. The second-order valence-electron chi connectivity index (χ2n) is 5.04. The number of carbonyl (C=O) groups excluding carboxylic acids is 2. The van der Waals surface area contributed by atoms with Gasteiger partial charge in [0.1, 0.15) is 0 Å². The first-order valence-electron chi connectivity index (χ1n) is 7.56. The third-order valence-electron chi connectivity index (χ3n) is 3.38. The van der Waals surface area contributed by atoms with E-state index >= 15 is 0 Å². The van der Waals surface area contributed by atoms with Gasteiger partial charge in [-0.15, -0.1) is 0 Å². The van der Waals surface area contributed by atoms with Crippen LogP contribution in [0.3, 0.4) is 0 Å². The van der Waals surface area contributed by atoms with Crippen LogP contribution in [0.15, 0.2) is 53.6 Å². The number of hydrogen-bond acceptors (Lipinski definition) is 6. The summed E-state index contributed by atoms with van der Waals surface area (Å²) in [5, 5.41) is 0. The van der Waals surface area contributed by atoms with Crippen molar-refractivity contribution in [2.24, 2.45) is 0 Å². The van der Waals surface area contributed by atoms with Gasteiger partial charge in [-0.05, 0) is 43.3 Å². The molecule has 1 aromatic heterocycles. The van der Waals surface area contributed by atoms with Crippen molar-refractivity contribution < 1.29 is 14.3 Å². The number of aromatic nitrogens is 1. The van der Waals surface area contributed by atoms with Gasteiger partial charge in [0.05, 0.1) is 28.5 Å². The van der Waals surface area contributed by atoms with Crippen molar-refractivity contribution in [3.05, 3.63) is 64.8 Å². The smallest absolute Gasteiger partial charge is 0.338 e. The quantitative estimate of drug-likeness (QED) is 0.465. The number of esters is 1. The van der Waals surface area contributed by atoms with E-state index in [1.165, 1.54) is 16.7 Å². The van der Waals surface area contributed by atoms with E-state index in [1.54, 1.807) is 43.5 Å². The summed E-state index contributed by atoms with van der Waals surface area (Å²) in [5.74, 6) is -0.666. The first kappa shape index (κ1) is 17.3. The molecule has 0 N–H and O–H groups in total. The van der Waals surface area contributed by atoms with Gasteiger partial charge in [0, 0.05) is 6.20 Å². The lowest BCUT2D eigenvalue weighted by molar-refractivity contribution is -0.113. The Labute approximate surface area is 154 Å². The number of ether oxygens (including phenoxy) is 1. The molecule has 0 spiro atoms. The van der Waals surface area contributed by atoms with Crippen LogP contribution < -0.4 is 4.90 Å². The number of hydrogen-bond donors (Lipinski definition) is 0. The van der Waals surface area contributed by atoms with Crippen LogP contribution in [-0.2, 0) is 9.53 Å². The molecule has 2 heterocycles. The highest BCUT2D eigenvalue weighted by molar-refractivity contribution is 8.27. The number of pyridine rings is 1. The molecule has 25 heavy (non-hydrogen) atoms. The number of thiocarbonyl (C=S) groups is 1. The van der Waals surface area contributed by atoms with E-state index in [1.807, 2.05) is 18.2 Å². The highest BCUT2D eigenvalue weighted by Crippen LogP contribution is 2.36. The molecular weight excluding hydrogens is 356 g/mol. The number of nitrogens with zero attached hydrogens (tertiary/aromatic N) is 2. The number of carbonyl (C=O) groups is 2. The molecule has 1 saturated heterocycles. The van der Waals surface area contributed by atoms with Gasteiger partial charge < -0.3 is 4.74 Å². The van der Waals surface area contributed by atoms with E-state index in [0.29, 0.717) is 26.2 Å². The minimum atomic E-state index is -0.432. The molecule has 0 bridgehead atoms. The molecule has 1 aromatic carbocycles. The lowest BCUT2D eigenvalue weighted by Gasteiger charge is -2.15. The summed E-state index contributed by atoms with van der Waals surface area (Å²) in [6.07, 6.45) is 3.36. The molecule has 0 aliphatic carbocycles. The molecule has 0 unspecified atom stereocenters. The van der Waals surface area contributed by atoms with Gasteiger partial charge in [0.25, 0.3) is 5.91 Å². The van der Waals surface area contributed by atoms with Gasteiger partial charge in [0.2, 0.25) is 0 Å². The SMILES string of the molecule is CCOC(=O)c1cccc(N2C(=O)/C(=C/c3ccccn3)SC2=S)c1. The first-order valence-corrected chi connectivity index (χ1v) is 8.79. The van der Waals surface area contributed by atoms with Crippen molar-refractivity contribution in [1.29, 1.82) is 0 Å². The summed E-state index contributed by atoms with van der Waals surface area (Å²) in [4.78, 5) is 30.7. The Morgan fingerprint density at radius 3 is 2.88 bits per heavy atom. The lowest BCUT2D eigenvalue weighted by atomic mass is 10.2. The van der Waals surface area contributed by atoms with Crippen LogP contribution in [0, 0.1) is 0 Å². The number of anilines is 1. The van der Waals surface area contributed by atoms with Gasteiger partial charge in [-0.25, -0.2) is 4.79 Å². The van der Waals surface area contributed by atoms with E-state index in [9.17, 15) is 9.59 Å². The maximum atomic E-state index is 12.7. The molecule has 5 nitrogen and oxygen atoms in total. The number of rotatable bonds is 4. The fraction of sp³-hybridized carbons (Fsp3) is 0.111. The maximum Gasteiger partial charge on any atom is 0.338 e. The maximum absolute atomic E-state index is 12.7. The topological polar surface area (TPSA) is 59.5 Å². The fourth-order valence-electron chi connectivity index (χ4n) is 2.27. The molecular formula is C18H14N2O3S2. The third-order valence-corrected chi connectivity index (χ3v) is 4.68. The van der Waals surface area contributed by atoms with Crippen molar-refractivity contribution in [3.63, 3.8) is 0 Å². The minimum Gasteiger partial charge on any atom is -0.462 e. The second kappa shape index (κ2) is 7.58. The van der Waals surface area contributed by atoms with Crippen molar-refractivity contribution in [3.8, 4) is 0 Å². The van der Waals surface area contributed by atoms with Crippen LogP contribution in [0.5, 0.6) is 0 Å². The Morgan fingerprint density at radius 2 is 2.16 bits per heavy atom. The van der Waals surface area contributed by atoms with Gasteiger partial charge in [-0.1, -0.05) is 36.1 Å². The summed E-state index contributed by atoms with van der Waals surface area (Å²) in [5.41, 5.74) is 1.60. The summed E-state index contributed by atoms with van der Waals surface area (Å²) in [6, 6.07) is 12.1. The zero-order valence-electron chi connectivity index (χ0n) is 13.3. The van der Waals surface area contributed by atoms with Crippen molar-refractivity contribution in [2.75, 3.05) is 11.5 Å². The monoisotopic (exact) mass is 370 g/mol. The van der Waals surface area contributed by atoms with E-state index in [4.69, 9.17) is 17.0 Å². The normalized spacial score (nSPS) is 15.7. The van der Waals surface area contributed by atoms with Crippen LogP contribution in [0.1, 0.15) is 23.0 Å². The second-order valence-corrected chi connectivity index (χ2v) is 6.72. The van der Waals surface area contributed by atoms with Crippen molar-refractivity contribution >= 4 is 51.9 Å². The average molecular weight is 370 g/mol. The Kier molecular flexibility index (Phi) is 5.25. The molecule has 0 radical (unpaired) electrons. The number of amides is 1. The Morgan fingerprint density at radius 1 is 1.32 bits per heavy atom. The van der Waals surface area contributed by atoms with Crippen LogP contribution in [0.4, 0.5) is 5.69 Å². The van der Waals surface area contributed by atoms with E-state index in [2.05, 4.69) is 4.98 Å². The van der Waals surface area contributed by atoms with Crippen LogP contribution in [0.25, 0.3) is 6.08 Å². The molecule has 1 fully saturated rings. The summed E-state index contributed by atoms with van der Waals surface area (Å²) in [6.45, 7) is 2.03. The largest absolute Gasteiger partial charge is 0.462 e. The Balaban J connectivity index is 1.90. The molecule has 1 aliphatic heterocycles. The molecule has 126 valence electrons. The predicted octanol–water partition coefficient (Wildman–Crippen LogP) is 3.66. The molecule has 1 aliphatic rings. The first-order chi connectivity index (χ1) is 12.1. The van der Waals surface area contributed by atoms with Crippen LogP contribution in [0.2, 0.25) is 0 Å². The third kappa shape index (κ3) is 3.78. The zero-order valence-corrected chi connectivity index (χ0v) is 15.0. The minimum absolute atomic E-state index is 0.235. The molecule has 0 saturated carbocycles. The zero-order chi connectivity index (χ0) is 17.8. The Hall–Kier alpha value is -2.51. The standard InChI is InChI=1S/C18H14N2O3S2/c1-2-23-17(22)12-6-5-8-14(10-12)20-16(21)15(25-18(20)24)11-13-7-3-4-9-19-13/h3-11H,2H2,1H3/b15-11-. The van der Waals surface area contributed by atoms with Crippen molar-refractivity contribution in [2.45, 2.75) is 6.92 Å². The number of benzene rings is 1. The molecule has 1 amide bonds. The predicted molar refractivity (Wildman–Crippen MR) is 102 cm³/mol. The summed E-state index contributed by atoms with van der Waals surface area (Å²) in [7, 11) is 0. The molecule has 2 aromatic rings. The van der Waals surface area contributed by atoms with Crippen molar-refractivity contribution in [1.82, 2.24) is 4.98 Å². The van der Waals surface area contributed by atoms with Gasteiger partial charge >= 0.3 is 5.97 Å². The van der Waals surface area contributed by atoms with E-state index < -0.39 is 5.97 Å². The highest BCUT2D eigenvalue weighted by Gasteiger charge is 2.33. The molecule has 0 atom stereocenters. The van der Waals surface area contributed by atoms with Crippen LogP contribution in [-0.4, -0.2) is 27.8 Å². The van der Waals surface area contributed by atoms with Gasteiger partial charge in [-0.3, -0.25) is 14.7 Å². The molecule has 7 heteroatoms. The van der Waals surface area contributed by atoms with E-state index in [-0.39, 0.29) is 12.5 Å². The van der Waals surface area contributed by atoms with Gasteiger partial charge in [-0.2, -0.15) is 0 Å². The lowest BCUT2D eigenvalue weighted by Crippen LogP contribution is -2.27. The average Bonchev–Trinajstić information content (AvgIpc) is 2.90. The van der Waals surface area contributed by atoms with E-state index in [0.717, 1.165) is 0 Å². The fourth-order valence-corrected chi connectivity index (χ4v) is 3.56. The van der Waals surface area contributed by atoms with Crippen LogP contribution >= 0.6 is 24.0 Å². The highest BCUT2D eigenvalue weighted by atomic mass is 32.2. The van der Waals surface area contributed by atoms with Gasteiger partial charge in [0.15, 0.2) is 4.32 Å². The summed E-state index contributed by atoms with van der Waals surface area (Å²) >= 11 is 6.55.